The first-order valence-electron chi connectivity index (χ1n) is 7.74. The van der Waals surface area contributed by atoms with Gasteiger partial charge in [0.1, 0.15) is 11.1 Å². The fourth-order valence-corrected chi connectivity index (χ4v) is 3.59. The molecule has 0 amide bonds. The fraction of sp³-hybridized carbons (Fsp3) is 0.812. The lowest BCUT2D eigenvalue weighted by atomic mass is 9.89. The molecule has 4 heteroatoms. The third-order valence-corrected chi connectivity index (χ3v) is 4.33. The van der Waals surface area contributed by atoms with E-state index in [9.17, 15) is 0 Å². The first-order valence-corrected chi connectivity index (χ1v) is 8.56. The summed E-state index contributed by atoms with van der Waals surface area (Å²) in [5, 5.41) is 4.61. The summed E-state index contributed by atoms with van der Waals surface area (Å²) in [5.74, 6) is 0. The van der Waals surface area contributed by atoms with E-state index in [2.05, 4.69) is 46.9 Å². The average molecular weight is 298 g/mol. The minimum Gasteiger partial charge on any atom is -0.371 e. The summed E-state index contributed by atoms with van der Waals surface area (Å²) in [6.45, 7) is 15.8. The van der Waals surface area contributed by atoms with Crippen molar-refractivity contribution in [2.75, 3.05) is 13.2 Å². The molecule has 0 aromatic carbocycles. The molecule has 0 bridgehead atoms. The average Bonchev–Trinajstić information content (AvgIpc) is 2.77. The van der Waals surface area contributed by atoms with Gasteiger partial charge in [0.2, 0.25) is 0 Å². The summed E-state index contributed by atoms with van der Waals surface area (Å²) in [6, 6.07) is 0. The van der Waals surface area contributed by atoms with E-state index in [1.165, 1.54) is 10.6 Å². The Morgan fingerprint density at radius 3 is 2.45 bits per heavy atom. The van der Waals surface area contributed by atoms with Gasteiger partial charge in [0, 0.05) is 18.0 Å². The van der Waals surface area contributed by atoms with Crippen LogP contribution in [0, 0.1) is 5.41 Å². The summed E-state index contributed by atoms with van der Waals surface area (Å²) in [7, 11) is 0. The molecule has 0 saturated heterocycles. The third-order valence-electron chi connectivity index (χ3n) is 3.19. The van der Waals surface area contributed by atoms with Gasteiger partial charge < -0.3 is 10.1 Å². The van der Waals surface area contributed by atoms with E-state index < -0.39 is 0 Å². The minimum atomic E-state index is 0.0764. The Hall–Kier alpha value is -0.450. The van der Waals surface area contributed by atoms with Crippen molar-refractivity contribution in [1.29, 1.82) is 0 Å². The lowest BCUT2D eigenvalue weighted by Crippen LogP contribution is -2.21. The molecule has 0 aliphatic carbocycles. The molecule has 116 valence electrons. The van der Waals surface area contributed by atoms with Crippen LogP contribution < -0.4 is 5.32 Å². The molecule has 1 heterocycles. The van der Waals surface area contributed by atoms with Gasteiger partial charge in [-0.2, -0.15) is 0 Å². The van der Waals surface area contributed by atoms with Crippen LogP contribution in [-0.2, 0) is 17.7 Å². The monoisotopic (exact) mass is 298 g/mol. The Labute approximate surface area is 128 Å². The van der Waals surface area contributed by atoms with Gasteiger partial charge in [-0.3, -0.25) is 0 Å². The quantitative estimate of drug-likeness (QED) is 0.725. The molecule has 1 N–H and O–H groups in total. The SMILES string of the molecule is CCCNCc1sc(C(OCC)C(C)(C)C)nc1CC. The van der Waals surface area contributed by atoms with Crippen LogP contribution in [0.1, 0.15) is 69.6 Å². The fourth-order valence-electron chi connectivity index (χ4n) is 2.17. The highest BCUT2D eigenvalue weighted by Gasteiger charge is 2.30. The highest BCUT2D eigenvalue weighted by molar-refractivity contribution is 7.11. The number of hydrogen-bond donors (Lipinski definition) is 1. The van der Waals surface area contributed by atoms with E-state index >= 15 is 0 Å². The number of hydrogen-bond acceptors (Lipinski definition) is 4. The maximum Gasteiger partial charge on any atom is 0.123 e. The summed E-state index contributed by atoms with van der Waals surface area (Å²) < 4.78 is 5.96. The maximum atomic E-state index is 5.96. The van der Waals surface area contributed by atoms with Crippen LogP contribution in [-0.4, -0.2) is 18.1 Å². The normalized spacial score (nSPS) is 13.7. The van der Waals surface area contributed by atoms with Crippen LogP contribution in [0.2, 0.25) is 0 Å². The van der Waals surface area contributed by atoms with Crippen molar-refractivity contribution in [3.8, 4) is 0 Å². The van der Waals surface area contributed by atoms with Crippen molar-refractivity contribution < 1.29 is 4.74 Å². The Morgan fingerprint density at radius 2 is 1.95 bits per heavy atom. The van der Waals surface area contributed by atoms with Gasteiger partial charge in [-0.15, -0.1) is 11.3 Å². The lowest BCUT2D eigenvalue weighted by molar-refractivity contribution is -0.0134. The number of nitrogens with one attached hydrogen (secondary N) is 1. The molecule has 0 radical (unpaired) electrons. The predicted molar refractivity (Wildman–Crippen MR) is 87.3 cm³/mol. The molecule has 0 saturated carbocycles. The molecule has 1 aromatic heterocycles. The van der Waals surface area contributed by atoms with Gasteiger partial charge in [-0.1, -0.05) is 34.6 Å². The summed E-state index contributed by atoms with van der Waals surface area (Å²) in [5.41, 5.74) is 1.30. The minimum absolute atomic E-state index is 0.0764. The van der Waals surface area contributed by atoms with Gasteiger partial charge in [0.25, 0.3) is 0 Å². The molecule has 3 nitrogen and oxygen atoms in total. The van der Waals surface area contributed by atoms with Crippen molar-refractivity contribution in [2.45, 2.75) is 67.0 Å². The Morgan fingerprint density at radius 1 is 1.25 bits per heavy atom. The standard InChI is InChI=1S/C16H30N2OS/c1-7-10-17-11-13-12(8-2)18-15(20-13)14(19-9-3)16(4,5)6/h14,17H,7-11H2,1-6H3. The molecule has 0 spiro atoms. The van der Waals surface area contributed by atoms with E-state index in [0.717, 1.165) is 37.5 Å². The lowest BCUT2D eigenvalue weighted by Gasteiger charge is -2.28. The Kier molecular flexibility index (Phi) is 7.13. The van der Waals surface area contributed by atoms with Crippen LogP contribution in [0.5, 0.6) is 0 Å². The number of ether oxygens (including phenoxy) is 1. The van der Waals surface area contributed by atoms with Gasteiger partial charge in [-0.25, -0.2) is 4.98 Å². The zero-order valence-electron chi connectivity index (χ0n) is 13.9. The molecule has 0 aliphatic heterocycles. The van der Waals surface area contributed by atoms with E-state index in [4.69, 9.17) is 9.72 Å². The van der Waals surface area contributed by atoms with Gasteiger partial charge >= 0.3 is 0 Å². The van der Waals surface area contributed by atoms with Gasteiger partial charge in [0.05, 0.1) is 5.69 Å². The van der Waals surface area contributed by atoms with Crippen molar-refractivity contribution in [2.24, 2.45) is 5.41 Å². The third kappa shape index (κ3) is 4.83. The van der Waals surface area contributed by atoms with Crippen molar-refractivity contribution >= 4 is 11.3 Å². The van der Waals surface area contributed by atoms with Crippen molar-refractivity contribution in [1.82, 2.24) is 10.3 Å². The Bertz CT molecular complexity index is 396. The zero-order chi connectivity index (χ0) is 15.2. The van der Waals surface area contributed by atoms with Crippen LogP contribution in [0.25, 0.3) is 0 Å². The van der Waals surface area contributed by atoms with E-state index in [-0.39, 0.29) is 11.5 Å². The second-order valence-corrected chi connectivity index (χ2v) is 7.27. The number of thiazole rings is 1. The number of rotatable bonds is 8. The largest absolute Gasteiger partial charge is 0.371 e. The zero-order valence-corrected chi connectivity index (χ0v) is 14.7. The van der Waals surface area contributed by atoms with Crippen LogP contribution in [0.4, 0.5) is 0 Å². The van der Waals surface area contributed by atoms with Gasteiger partial charge in [-0.05, 0) is 31.7 Å². The topological polar surface area (TPSA) is 34.1 Å². The molecule has 1 atom stereocenters. The summed E-state index contributed by atoms with van der Waals surface area (Å²) >= 11 is 1.81. The van der Waals surface area contributed by atoms with E-state index in [1.807, 2.05) is 11.3 Å². The van der Waals surface area contributed by atoms with Gasteiger partial charge in [0.15, 0.2) is 0 Å². The number of aryl methyl sites for hydroxylation is 1. The summed E-state index contributed by atoms with van der Waals surface area (Å²) in [4.78, 5) is 6.21. The molecular weight excluding hydrogens is 268 g/mol. The van der Waals surface area contributed by atoms with E-state index in [1.54, 1.807) is 0 Å². The Balaban J connectivity index is 2.93. The first kappa shape index (κ1) is 17.6. The molecule has 1 aromatic rings. The maximum absolute atomic E-state index is 5.96. The predicted octanol–water partition coefficient (Wildman–Crippen LogP) is 4.33. The second-order valence-electron chi connectivity index (χ2n) is 6.15. The highest BCUT2D eigenvalue weighted by Crippen LogP contribution is 2.38. The number of aromatic nitrogens is 1. The van der Waals surface area contributed by atoms with Crippen LogP contribution >= 0.6 is 11.3 Å². The molecule has 20 heavy (non-hydrogen) atoms. The number of nitrogens with zero attached hydrogens (tertiary/aromatic N) is 1. The van der Waals surface area contributed by atoms with Crippen LogP contribution in [0.15, 0.2) is 0 Å². The van der Waals surface area contributed by atoms with Crippen LogP contribution in [0.3, 0.4) is 0 Å². The van der Waals surface area contributed by atoms with Crippen molar-refractivity contribution in [3.63, 3.8) is 0 Å². The molecule has 1 rings (SSSR count). The highest BCUT2D eigenvalue weighted by atomic mass is 32.1. The molecule has 0 fully saturated rings. The summed E-state index contributed by atoms with van der Waals surface area (Å²) in [6.07, 6.45) is 2.24. The second kappa shape index (κ2) is 8.11. The van der Waals surface area contributed by atoms with Crippen molar-refractivity contribution in [3.05, 3.63) is 15.6 Å². The smallest absolute Gasteiger partial charge is 0.123 e. The first-order chi connectivity index (χ1) is 9.43. The molecular formula is C16H30N2OS. The van der Waals surface area contributed by atoms with E-state index in [0.29, 0.717) is 0 Å². The molecule has 0 aliphatic rings. The molecule has 1 unspecified atom stereocenters.